The van der Waals surface area contributed by atoms with Gasteiger partial charge in [-0.3, -0.25) is 9.59 Å². The minimum Gasteiger partial charge on any atom is -0.365 e. The lowest BCUT2D eigenvalue weighted by atomic mass is 10.2. The lowest BCUT2D eigenvalue weighted by molar-refractivity contribution is 0.0999. The molecular weight excluding hydrogens is 240 g/mol. The Balaban J connectivity index is 2.88. The normalized spacial score (nSPS) is 10.9. The molecule has 6 nitrogen and oxygen atoms in total. The summed E-state index contributed by atoms with van der Waals surface area (Å²) >= 11 is 1.32. The fourth-order valence-electron chi connectivity index (χ4n) is 1.68. The number of H-pyrrole nitrogens is 2. The van der Waals surface area contributed by atoms with Gasteiger partial charge in [0.1, 0.15) is 11.5 Å². The number of nitrogens with two attached hydrogens (primary N) is 1. The number of nitrogens with one attached hydrogen (secondary N) is 2. The summed E-state index contributed by atoms with van der Waals surface area (Å²) in [5.41, 5.74) is 5.57. The van der Waals surface area contributed by atoms with Crippen molar-refractivity contribution in [3.8, 4) is 0 Å². The first-order chi connectivity index (χ1) is 8.08. The van der Waals surface area contributed by atoms with E-state index in [1.165, 1.54) is 11.8 Å². The number of hydrogen-bond donors (Lipinski definition) is 3. The molecule has 0 atom stereocenters. The summed E-state index contributed by atoms with van der Waals surface area (Å²) in [5.74, 6) is -0.0513. The summed E-state index contributed by atoms with van der Waals surface area (Å²) in [6.07, 6.45) is 2.41. The maximum absolute atomic E-state index is 11.9. The van der Waals surface area contributed by atoms with Gasteiger partial charge in [-0.05, 0) is 6.26 Å². The van der Waals surface area contributed by atoms with Crippen LogP contribution in [0.4, 0.5) is 0 Å². The van der Waals surface area contributed by atoms with Gasteiger partial charge in [0.2, 0.25) is 0 Å². The third-order valence-corrected chi connectivity index (χ3v) is 3.18. The van der Waals surface area contributed by atoms with E-state index in [2.05, 4.69) is 15.0 Å². The van der Waals surface area contributed by atoms with E-state index >= 15 is 0 Å². The quantitative estimate of drug-likeness (QED) is 0.697. The van der Waals surface area contributed by atoms with Crippen molar-refractivity contribution in [3.63, 3.8) is 0 Å². The second kappa shape index (κ2) is 4.25. The molecule has 90 valence electrons. The first-order valence-electron chi connectivity index (χ1n) is 5.07. The number of carbonyl (C=O) groups excluding carboxylic acids is 1. The highest BCUT2D eigenvalue weighted by atomic mass is 32.2. The van der Waals surface area contributed by atoms with E-state index in [1.807, 2.05) is 6.92 Å². The molecule has 0 aliphatic heterocycles. The molecule has 0 saturated heterocycles. The highest BCUT2D eigenvalue weighted by Crippen LogP contribution is 2.24. The zero-order valence-corrected chi connectivity index (χ0v) is 10.3. The number of aromatic amines is 2. The van der Waals surface area contributed by atoms with Gasteiger partial charge in [0.05, 0.1) is 16.0 Å². The first-order valence-corrected chi connectivity index (χ1v) is 6.29. The van der Waals surface area contributed by atoms with Crippen LogP contribution >= 0.6 is 11.8 Å². The number of nitrogens with zero attached hydrogens (tertiary/aromatic N) is 1. The van der Waals surface area contributed by atoms with E-state index in [0.29, 0.717) is 22.9 Å². The van der Waals surface area contributed by atoms with Crippen LogP contribution in [0.2, 0.25) is 0 Å². The van der Waals surface area contributed by atoms with Crippen molar-refractivity contribution in [2.75, 3.05) is 6.26 Å². The van der Waals surface area contributed by atoms with Crippen molar-refractivity contribution in [2.24, 2.45) is 5.73 Å². The molecule has 0 aliphatic rings. The van der Waals surface area contributed by atoms with Gasteiger partial charge in [0, 0.05) is 6.42 Å². The molecule has 0 fully saturated rings. The van der Waals surface area contributed by atoms with Gasteiger partial charge in [-0.1, -0.05) is 6.92 Å². The molecule has 2 rings (SSSR count). The van der Waals surface area contributed by atoms with E-state index in [9.17, 15) is 9.59 Å². The van der Waals surface area contributed by atoms with E-state index < -0.39 is 5.91 Å². The summed E-state index contributed by atoms with van der Waals surface area (Å²) in [7, 11) is 0. The standard InChI is InChI=1S/C10H12N4O2S/c1-3-4-12-8-6(9(16)13-4)5(7(11)15)10(14-8)17-2/h3H2,1-2H3,(H2,11,15)(H2,12,13,14,16). The second-order valence-electron chi connectivity index (χ2n) is 3.49. The Morgan fingerprint density at radius 1 is 1.47 bits per heavy atom. The first kappa shape index (κ1) is 11.7. The zero-order valence-electron chi connectivity index (χ0n) is 9.46. The van der Waals surface area contributed by atoms with Crippen molar-refractivity contribution < 1.29 is 4.79 Å². The van der Waals surface area contributed by atoms with Gasteiger partial charge in [-0.25, -0.2) is 4.98 Å². The molecule has 2 aromatic rings. The van der Waals surface area contributed by atoms with Crippen molar-refractivity contribution in [2.45, 2.75) is 18.4 Å². The molecule has 0 bridgehead atoms. The Hall–Kier alpha value is -1.76. The highest BCUT2D eigenvalue weighted by molar-refractivity contribution is 7.98. The van der Waals surface area contributed by atoms with Crippen LogP contribution in [0.5, 0.6) is 0 Å². The van der Waals surface area contributed by atoms with Crippen LogP contribution in [0, 0.1) is 0 Å². The summed E-state index contributed by atoms with van der Waals surface area (Å²) in [5, 5.41) is 0.804. The average Bonchev–Trinajstić information content (AvgIpc) is 2.67. The predicted octanol–water partition coefficient (Wildman–Crippen LogP) is 0.634. The van der Waals surface area contributed by atoms with Gasteiger partial charge in [-0.2, -0.15) is 0 Å². The van der Waals surface area contributed by atoms with E-state index in [-0.39, 0.29) is 16.5 Å². The van der Waals surface area contributed by atoms with Crippen molar-refractivity contribution in [3.05, 3.63) is 21.7 Å². The van der Waals surface area contributed by atoms with E-state index in [4.69, 9.17) is 5.73 Å². The molecule has 0 radical (unpaired) electrons. The fourth-order valence-corrected chi connectivity index (χ4v) is 2.29. The number of hydrogen-bond acceptors (Lipinski definition) is 4. The molecule has 1 amide bonds. The smallest absolute Gasteiger partial charge is 0.261 e. The van der Waals surface area contributed by atoms with Crippen LogP contribution in [0.25, 0.3) is 11.0 Å². The van der Waals surface area contributed by atoms with Crippen LogP contribution in [0.15, 0.2) is 9.82 Å². The topological polar surface area (TPSA) is 105 Å². The molecule has 7 heteroatoms. The van der Waals surface area contributed by atoms with Crippen molar-refractivity contribution >= 4 is 28.7 Å². The van der Waals surface area contributed by atoms with Gasteiger partial charge in [0.15, 0.2) is 0 Å². The number of aromatic nitrogens is 3. The Bertz CT molecular complexity index is 644. The highest BCUT2D eigenvalue weighted by Gasteiger charge is 2.19. The molecule has 17 heavy (non-hydrogen) atoms. The molecule has 0 spiro atoms. The molecule has 0 unspecified atom stereocenters. The van der Waals surface area contributed by atoms with Crippen LogP contribution in [-0.2, 0) is 6.42 Å². The van der Waals surface area contributed by atoms with E-state index in [1.54, 1.807) is 6.26 Å². The second-order valence-corrected chi connectivity index (χ2v) is 4.30. The summed E-state index contributed by atoms with van der Waals surface area (Å²) in [6, 6.07) is 0. The Kier molecular flexibility index (Phi) is 2.93. The number of amides is 1. The van der Waals surface area contributed by atoms with Gasteiger partial charge < -0.3 is 15.7 Å². The number of carbonyl (C=O) groups is 1. The largest absolute Gasteiger partial charge is 0.365 e. The van der Waals surface area contributed by atoms with Crippen molar-refractivity contribution in [1.29, 1.82) is 0 Å². The molecule has 2 heterocycles. The minimum absolute atomic E-state index is 0.212. The number of thioether (sulfide) groups is 1. The molecule has 0 aromatic carbocycles. The predicted molar refractivity (Wildman–Crippen MR) is 66.4 cm³/mol. The average molecular weight is 252 g/mol. The maximum atomic E-state index is 11.9. The molecular formula is C10H12N4O2S. The summed E-state index contributed by atoms with van der Waals surface area (Å²) in [6.45, 7) is 1.89. The minimum atomic E-state index is -0.628. The third kappa shape index (κ3) is 1.82. The van der Waals surface area contributed by atoms with Crippen LogP contribution in [0.3, 0.4) is 0 Å². The number of primary amides is 1. The molecule has 0 saturated carbocycles. The van der Waals surface area contributed by atoms with Crippen LogP contribution in [-0.4, -0.2) is 27.1 Å². The van der Waals surface area contributed by atoms with E-state index in [0.717, 1.165) is 0 Å². The zero-order chi connectivity index (χ0) is 12.6. The SMILES string of the molecule is CCc1nc2[nH]c(SC)c(C(N)=O)c2c(=O)[nH]1. The molecule has 2 aromatic heterocycles. The van der Waals surface area contributed by atoms with Crippen molar-refractivity contribution in [1.82, 2.24) is 15.0 Å². The fraction of sp³-hybridized carbons (Fsp3) is 0.300. The van der Waals surface area contributed by atoms with Gasteiger partial charge in [0.25, 0.3) is 11.5 Å². The number of fused-ring (bicyclic) bond motifs is 1. The van der Waals surface area contributed by atoms with Gasteiger partial charge in [-0.15, -0.1) is 11.8 Å². The lowest BCUT2D eigenvalue weighted by Gasteiger charge is -1.96. The van der Waals surface area contributed by atoms with Crippen LogP contribution in [0.1, 0.15) is 23.1 Å². The Morgan fingerprint density at radius 2 is 2.18 bits per heavy atom. The maximum Gasteiger partial charge on any atom is 0.261 e. The molecule has 0 aliphatic carbocycles. The Morgan fingerprint density at radius 3 is 2.71 bits per heavy atom. The molecule has 4 N–H and O–H groups in total. The van der Waals surface area contributed by atoms with Crippen LogP contribution < -0.4 is 11.3 Å². The number of aryl methyl sites for hydroxylation is 1. The lowest BCUT2D eigenvalue weighted by Crippen LogP contribution is -2.17. The third-order valence-electron chi connectivity index (χ3n) is 2.46. The van der Waals surface area contributed by atoms with Gasteiger partial charge >= 0.3 is 0 Å². The summed E-state index contributed by atoms with van der Waals surface area (Å²) in [4.78, 5) is 33.1. The Labute approximate surface area is 101 Å². The number of rotatable bonds is 3. The summed E-state index contributed by atoms with van der Waals surface area (Å²) < 4.78 is 0. The monoisotopic (exact) mass is 252 g/mol.